The van der Waals surface area contributed by atoms with Crippen molar-refractivity contribution < 1.29 is 19.1 Å². The van der Waals surface area contributed by atoms with Gasteiger partial charge in [0.15, 0.2) is 6.61 Å². The Morgan fingerprint density at radius 3 is 2.58 bits per heavy atom. The Hall–Kier alpha value is -2.53. The van der Waals surface area contributed by atoms with Crippen molar-refractivity contribution in [3.05, 3.63) is 64.7 Å². The summed E-state index contributed by atoms with van der Waals surface area (Å²) in [5.74, 6) is -0.227. The van der Waals surface area contributed by atoms with Gasteiger partial charge < -0.3 is 14.8 Å². The first-order chi connectivity index (χ1) is 12.6. The normalized spacial score (nSPS) is 10.2. The highest BCUT2D eigenvalue weighted by Gasteiger charge is 2.10. The number of amides is 1. The monoisotopic (exact) mass is 375 g/mol. The fourth-order valence-corrected chi connectivity index (χ4v) is 2.35. The summed E-state index contributed by atoms with van der Waals surface area (Å²) in [6.07, 6.45) is 2.04. The van der Waals surface area contributed by atoms with Crippen LogP contribution < -0.4 is 10.1 Å². The summed E-state index contributed by atoms with van der Waals surface area (Å²) in [7, 11) is 0. The van der Waals surface area contributed by atoms with Gasteiger partial charge in [-0.3, -0.25) is 4.79 Å². The maximum Gasteiger partial charge on any atom is 0.338 e. The number of benzene rings is 2. The molecule has 2 rings (SSSR count). The lowest BCUT2D eigenvalue weighted by Crippen LogP contribution is -2.28. The van der Waals surface area contributed by atoms with Crippen molar-refractivity contribution in [1.29, 1.82) is 0 Å². The Labute approximate surface area is 158 Å². The van der Waals surface area contributed by atoms with Crippen molar-refractivity contribution in [2.75, 3.05) is 13.2 Å². The minimum atomic E-state index is -0.553. The molecule has 0 radical (unpaired) electrons. The first-order valence-corrected chi connectivity index (χ1v) is 8.87. The number of carbonyl (C=O) groups is 2. The van der Waals surface area contributed by atoms with Crippen molar-refractivity contribution >= 4 is 23.5 Å². The predicted molar refractivity (Wildman–Crippen MR) is 100 cm³/mol. The second kappa shape index (κ2) is 10.5. The Kier molecular flexibility index (Phi) is 7.96. The van der Waals surface area contributed by atoms with E-state index in [2.05, 4.69) is 12.2 Å². The van der Waals surface area contributed by atoms with Gasteiger partial charge in [0, 0.05) is 11.6 Å². The molecule has 0 spiro atoms. The maximum absolute atomic E-state index is 12.0. The molecule has 5 nitrogen and oxygen atoms in total. The molecule has 1 N–H and O–H groups in total. The molecule has 0 aliphatic rings. The van der Waals surface area contributed by atoms with Crippen LogP contribution in [-0.2, 0) is 16.1 Å². The highest BCUT2D eigenvalue weighted by molar-refractivity contribution is 6.30. The van der Waals surface area contributed by atoms with Crippen LogP contribution in [0.1, 0.15) is 35.7 Å². The first-order valence-electron chi connectivity index (χ1n) is 8.49. The molecule has 0 heterocycles. The van der Waals surface area contributed by atoms with Gasteiger partial charge in [-0.25, -0.2) is 4.79 Å². The van der Waals surface area contributed by atoms with Crippen molar-refractivity contribution in [1.82, 2.24) is 5.32 Å². The third kappa shape index (κ3) is 6.76. The van der Waals surface area contributed by atoms with Gasteiger partial charge >= 0.3 is 5.97 Å². The SMILES string of the molecule is CCCCOc1ccc(C(=O)OCC(=O)NCc2cccc(Cl)c2)cc1. The van der Waals surface area contributed by atoms with Gasteiger partial charge in [-0.15, -0.1) is 0 Å². The summed E-state index contributed by atoms with van der Waals surface area (Å²) in [6.45, 7) is 2.72. The summed E-state index contributed by atoms with van der Waals surface area (Å²) >= 11 is 5.89. The van der Waals surface area contributed by atoms with E-state index in [1.807, 2.05) is 6.07 Å². The van der Waals surface area contributed by atoms with Crippen molar-refractivity contribution in [3.63, 3.8) is 0 Å². The Bertz CT molecular complexity index is 731. The molecule has 0 atom stereocenters. The van der Waals surface area contributed by atoms with Gasteiger partial charge in [-0.2, -0.15) is 0 Å². The van der Waals surface area contributed by atoms with E-state index >= 15 is 0 Å². The van der Waals surface area contributed by atoms with Crippen LogP contribution >= 0.6 is 11.6 Å². The highest BCUT2D eigenvalue weighted by Crippen LogP contribution is 2.13. The molecule has 0 bridgehead atoms. The largest absolute Gasteiger partial charge is 0.494 e. The molecule has 0 unspecified atom stereocenters. The Morgan fingerprint density at radius 1 is 1.12 bits per heavy atom. The summed E-state index contributed by atoms with van der Waals surface area (Å²) in [5.41, 5.74) is 1.24. The molecule has 0 aliphatic carbocycles. The molecule has 2 aromatic carbocycles. The second-order valence-corrected chi connectivity index (χ2v) is 6.15. The smallest absolute Gasteiger partial charge is 0.338 e. The number of esters is 1. The summed E-state index contributed by atoms with van der Waals surface area (Å²) in [4.78, 5) is 23.8. The zero-order valence-corrected chi connectivity index (χ0v) is 15.4. The molecule has 26 heavy (non-hydrogen) atoms. The third-order valence-electron chi connectivity index (χ3n) is 3.57. The van der Waals surface area contributed by atoms with E-state index in [4.69, 9.17) is 21.1 Å². The quantitative estimate of drug-likeness (QED) is 0.531. The highest BCUT2D eigenvalue weighted by atomic mass is 35.5. The molecule has 6 heteroatoms. The van der Waals surface area contributed by atoms with Crippen LogP contribution in [0.15, 0.2) is 48.5 Å². The fraction of sp³-hybridized carbons (Fsp3) is 0.300. The lowest BCUT2D eigenvalue weighted by atomic mass is 10.2. The van der Waals surface area contributed by atoms with Crippen LogP contribution in [0.4, 0.5) is 0 Å². The van der Waals surface area contributed by atoms with E-state index in [1.165, 1.54) is 0 Å². The van der Waals surface area contributed by atoms with E-state index in [9.17, 15) is 9.59 Å². The van der Waals surface area contributed by atoms with E-state index in [1.54, 1.807) is 42.5 Å². The Morgan fingerprint density at radius 2 is 1.88 bits per heavy atom. The summed E-state index contributed by atoms with van der Waals surface area (Å²) in [5, 5.41) is 3.28. The second-order valence-electron chi connectivity index (χ2n) is 5.71. The number of unbranched alkanes of at least 4 members (excludes halogenated alkanes) is 1. The number of ether oxygens (including phenoxy) is 2. The van der Waals surface area contributed by atoms with Gasteiger partial charge in [0.25, 0.3) is 5.91 Å². The number of carbonyl (C=O) groups excluding carboxylic acids is 2. The Balaban J connectivity index is 1.74. The van der Waals surface area contributed by atoms with Gasteiger partial charge in [0.1, 0.15) is 5.75 Å². The molecule has 1 amide bonds. The van der Waals surface area contributed by atoms with E-state index in [0.29, 0.717) is 29.5 Å². The average molecular weight is 376 g/mol. The molecule has 0 fully saturated rings. The van der Waals surface area contributed by atoms with E-state index in [-0.39, 0.29) is 12.5 Å². The first kappa shape index (κ1) is 19.8. The topological polar surface area (TPSA) is 64.6 Å². The molecule has 0 aliphatic heterocycles. The van der Waals surface area contributed by atoms with Crippen molar-refractivity contribution in [2.45, 2.75) is 26.3 Å². The minimum absolute atomic E-state index is 0.320. The minimum Gasteiger partial charge on any atom is -0.494 e. The van der Waals surface area contributed by atoms with Crippen LogP contribution in [0.5, 0.6) is 5.75 Å². The molecule has 2 aromatic rings. The van der Waals surface area contributed by atoms with Gasteiger partial charge in [-0.05, 0) is 48.4 Å². The van der Waals surface area contributed by atoms with Crippen molar-refractivity contribution in [2.24, 2.45) is 0 Å². The number of nitrogens with one attached hydrogen (secondary N) is 1. The van der Waals surface area contributed by atoms with Gasteiger partial charge in [0.2, 0.25) is 0 Å². The van der Waals surface area contributed by atoms with Crippen LogP contribution in [-0.4, -0.2) is 25.1 Å². The molecule has 138 valence electrons. The van der Waals surface area contributed by atoms with Crippen LogP contribution in [0.2, 0.25) is 5.02 Å². The molecular weight excluding hydrogens is 354 g/mol. The molecule has 0 saturated heterocycles. The lowest BCUT2D eigenvalue weighted by Gasteiger charge is -2.08. The fourth-order valence-electron chi connectivity index (χ4n) is 2.13. The van der Waals surface area contributed by atoms with Crippen LogP contribution in [0.25, 0.3) is 0 Å². The summed E-state index contributed by atoms with van der Waals surface area (Å²) < 4.78 is 10.6. The number of halogens is 1. The predicted octanol–water partition coefficient (Wildman–Crippen LogP) is 3.99. The zero-order chi connectivity index (χ0) is 18.8. The number of rotatable bonds is 9. The van der Waals surface area contributed by atoms with Gasteiger partial charge in [-0.1, -0.05) is 37.1 Å². The van der Waals surface area contributed by atoms with Gasteiger partial charge in [0.05, 0.1) is 12.2 Å². The third-order valence-corrected chi connectivity index (χ3v) is 3.80. The van der Waals surface area contributed by atoms with Crippen LogP contribution in [0, 0.1) is 0 Å². The standard InChI is InChI=1S/C20H22ClNO4/c1-2-3-11-25-18-9-7-16(8-10-18)20(24)26-14-19(23)22-13-15-5-4-6-17(21)12-15/h4-10,12H,2-3,11,13-14H2,1H3,(H,22,23). The van der Waals surface area contributed by atoms with E-state index < -0.39 is 5.97 Å². The molecular formula is C20H22ClNO4. The summed E-state index contributed by atoms with van der Waals surface area (Å²) in [6, 6.07) is 13.8. The van der Waals surface area contributed by atoms with Crippen LogP contribution in [0.3, 0.4) is 0 Å². The molecule has 0 saturated carbocycles. The number of hydrogen-bond donors (Lipinski definition) is 1. The van der Waals surface area contributed by atoms with E-state index in [0.717, 1.165) is 18.4 Å². The maximum atomic E-state index is 12.0. The molecule has 0 aromatic heterocycles. The number of hydrogen-bond acceptors (Lipinski definition) is 4. The van der Waals surface area contributed by atoms with Crippen molar-refractivity contribution in [3.8, 4) is 5.75 Å². The average Bonchev–Trinajstić information content (AvgIpc) is 2.65. The zero-order valence-electron chi connectivity index (χ0n) is 14.7. The lowest BCUT2D eigenvalue weighted by molar-refractivity contribution is -0.124.